The normalized spacial score (nSPS) is 19.4. The van der Waals surface area contributed by atoms with Gasteiger partial charge in [-0.3, -0.25) is 14.9 Å². The number of carboxylic acid groups (broad SMARTS) is 2. The number of rotatable bonds is 6. The highest BCUT2D eigenvalue weighted by Gasteiger charge is 2.61. The number of hydrogen-bond donors (Lipinski definition) is 2. The van der Waals surface area contributed by atoms with Gasteiger partial charge in [0.1, 0.15) is 4.75 Å². The Balaban J connectivity index is 0.000000333. The molecule has 2 N–H and O–H groups in total. The summed E-state index contributed by atoms with van der Waals surface area (Å²) in [7, 11) is -3.07. The monoisotopic (exact) mass is 601 g/mol. The second kappa shape index (κ2) is 13.4. The smallest absolute Gasteiger partial charge is 0.475 e. The molecule has 0 bridgehead atoms. The average Bonchev–Trinajstić information content (AvgIpc) is 3.10. The number of likely N-dealkylation sites (tertiary alicyclic amines) is 1. The molecule has 2 aliphatic rings. The van der Waals surface area contributed by atoms with Crippen molar-refractivity contribution in [2.45, 2.75) is 36.7 Å². The molecular weight excluding hydrogens is 576 g/mol. The second-order valence-electron chi connectivity index (χ2n) is 8.82. The topological polar surface area (TPSA) is 147 Å². The van der Waals surface area contributed by atoms with Gasteiger partial charge in [-0.1, -0.05) is 12.1 Å². The van der Waals surface area contributed by atoms with Crippen LogP contribution < -0.4 is 0 Å². The van der Waals surface area contributed by atoms with Gasteiger partial charge < -0.3 is 14.9 Å². The minimum absolute atomic E-state index is 0.0568. The summed E-state index contributed by atoms with van der Waals surface area (Å²) < 4.78 is 94.1. The molecule has 222 valence electrons. The molecule has 2 fully saturated rings. The molecule has 10 nitrogen and oxygen atoms in total. The van der Waals surface area contributed by atoms with E-state index in [0.29, 0.717) is 32.7 Å². The molecule has 0 aromatic carbocycles. The van der Waals surface area contributed by atoms with Crippen molar-refractivity contribution in [3.8, 4) is 0 Å². The quantitative estimate of drug-likeness (QED) is 0.474. The fourth-order valence-electron chi connectivity index (χ4n) is 4.07. The van der Waals surface area contributed by atoms with Gasteiger partial charge in [0, 0.05) is 44.1 Å². The second-order valence-corrected chi connectivity index (χ2v) is 11.3. The summed E-state index contributed by atoms with van der Waals surface area (Å²) in [5.74, 6) is -5.19. The molecule has 2 aromatic heterocycles. The zero-order chi connectivity index (χ0) is 30.2. The van der Waals surface area contributed by atoms with Crippen LogP contribution in [0, 0.1) is 5.92 Å². The van der Waals surface area contributed by atoms with Crippen LogP contribution in [0.2, 0.25) is 0 Å². The number of alkyl halides is 6. The Bertz CT molecular complexity index is 1200. The van der Waals surface area contributed by atoms with Crippen molar-refractivity contribution in [2.75, 3.05) is 25.4 Å². The third-order valence-electron chi connectivity index (χ3n) is 5.99. The predicted octanol–water partition coefficient (Wildman–Crippen LogP) is 2.95. The summed E-state index contributed by atoms with van der Waals surface area (Å²) in [6.45, 7) is 2.81. The van der Waals surface area contributed by atoms with Gasteiger partial charge in [0.25, 0.3) is 0 Å². The number of carbonyl (C=O) groups is 2. The van der Waals surface area contributed by atoms with Gasteiger partial charge in [-0.15, -0.1) is 0 Å². The van der Waals surface area contributed by atoms with Crippen molar-refractivity contribution in [3.05, 3.63) is 60.2 Å². The van der Waals surface area contributed by atoms with Crippen LogP contribution in [0.15, 0.2) is 48.9 Å². The SMILES string of the molecule is O=C(O)C(F)(F)F.O=C(O)C(F)(F)F.O=S1(=O)CCC(COCc2ccccn2)C12CN(Cc1cccnc1)C2. The van der Waals surface area contributed by atoms with Crippen LogP contribution >= 0.6 is 0 Å². The summed E-state index contributed by atoms with van der Waals surface area (Å²) in [4.78, 5) is 28.3. The van der Waals surface area contributed by atoms with Gasteiger partial charge in [0.2, 0.25) is 0 Å². The van der Waals surface area contributed by atoms with E-state index in [9.17, 15) is 34.8 Å². The fourth-order valence-corrected chi connectivity index (χ4v) is 6.52. The number of halogens is 6. The number of sulfone groups is 1. The molecule has 1 spiro atoms. The van der Waals surface area contributed by atoms with E-state index in [1.165, 1.54) is 0 Å². The Hall–Kier alpha value is -3.31. The van der Waals surface area contributed by atoms with Crippen LogP contribution in [-0.4, -0.2) is 88.0 Å². The molecule has 0 saturated carbocycles. The maximum atomic E-state index is 12.7. The number of aliphatic carboxylic acids is 2. The van der Waals surface area contributed by atoms with Crippen molar-refractivity contribution < 1.29 is 59.3 Å². The van der Waals surface area contributed by atoms with E-state index in [-0.39, 0.29) is 11.7 Å². The van der Waals surface area contributed by atoms with E-state index in [1.54, 1.807) is 12.4 Å². The third-order valence-corrected chi connectivity index (χ3v) is 8.59. The molecule has 1 unspecified atom stereocenters. The van der Waals surface area contributed by atoms with Crippen molar-refractivity contribution in [3.63, 3.8) is 0 Å². The molecule has 0 radical (unpaired) electrons. The van der Waals surface area contributed by atoms with Crippen LogP contribution in [0.1, 0.15) is 17.7 Å². The van der Waals surface area contributed by atoms with Crippen LogP contribution in [-0.2, 0) is 37.3 Å². The van der Waals surface area contributed by atoms with Gasteiger partial charge in [-0.25, -0.2) is 18.0 Å². The first kappa shape index (κ1) is 32.9. The molecule has 2 aromatic rings. The Morgan fingerprint density at radius 1 is 1.00 bits per heavy atom. The van der Waals surface area contributed by atoms with Crippen molar-refractivity contribution in [1.29, 1.82) is 0 Å². The standard InChI is InChI=1S/C19H23N3O3S.2C2HF3O2/c23-26(24)9-6-17(12-25-13-18-5-1-2-8-21-18)19(26)14-22(15-19)11-16-4-3-7-20-10-16;2*3-2(4,5)1(6)7/h1-5,7-8,10,17H,6,9,11-15H2;2*(H,6,7). The third kappa shape index (κ3) is 9.12. The number of nitrogens with zero attached hydrogens (tertiary/aromatic N) is 3. The molecule has 2 aliphatic heterocycles. The van der Waals surface area contributed by atoms with Gasteiger partial charge in [0.15, 0.2) is 9.84 Å². The van der Waals surface area contributed by atoms with Crippen LogP contribution in [0.3, 0.4) is 0 Å². The zero-order valence-electron chi connectivity index (χ0n) is 20.6. The molecular formula is C23H25F6N3O7S. The van der Waals surface area contributed by atoms with E-state index in [1.807, 2.05) is 36.5 Å². The highest BCUT2D eigenvalue weighted by Crippen LogP contribution is 2.45. The van der Waals surface area contributed by atoms with Crippen molar-refractivity contribution in [2.24, 2.45) is 5.92 Å². The summed E-state index contributed by atoms with van der Waals surface area (Å²) in [5.41, 5.74) is 1.98. The first-order chi connectivity index (χ1) is 18.5. The van der Waals surface area contributed by atoms with E-state index >= 15 is 0 Å². The maximum absolute atomic E-state index is 12.7. The number of pyridine rings is 2. The summed E-state index contributed by atoms with van der Waals surface area (Å²) >= 11 is 0. The van der Waals surface area contributed by atoms with Crippen LogP contribution in [0.4, 0.5) is 26.3 Å². The lowest BCUT2D eigenvalue weighted by Gasteiger charge is -2.50. The lowest BCUT2D eigenvalue weighted by Crippen LogP contribution is -2.67. The van der Waals surface area contributed by atoms with E-state index in [2.05, 4.69) is 14.9 Å². The molecule has 1 atom stereocenters. The molecule has 4 heterocycles. The van der Waals surface area contributed by atoms with Crippen molar-refractivity contribution >= 4 is 21.8 Å². The maximum Gasteiger partial charge on any atom is 0.490 e. The lowest BCUT2D eigenvalue weighted by atomic mass is 9.83. The molecule has 40 heavy (non-hydrogen) atoms. The predicted molar refractivity (Wildman–Crippen MR) is 125 cm³/mol. The Labute approximate surface area is 224 Å². The Morgan fingerprint density at radius 3 is 2.08 bits per heavy atom. The molecule has 4 rings (SSSR count). The van der Waals surface area contributed by atoms with Gasteiger partial charge >= 0.3 is 24.3 Å². The van der Waals surface area contributed by atoms with E-state index < -0.39 is 38.9 Å². The zero-order valence-corrected chi connectivity index (χ0v) is 21.4. The molecule has 0 aliphatic carbocycles. The van der Waals surface area contributed by atoms with Crippen LogP contribution in [0.5, 0.6) is 0 Å². The fraction of sp³-hybridized carbons (Fsp3) is 0.478. The first-order valence-corrected chi connectivity index (χ1v) is 13.0. The lowest BCUT2D eigenvalue weighted by molar-refractivity contribution is -0.193. The van der Waals surface area contributed by atoms with Crippen molar-refractivity contribution in [1.82, 2.24) is 14.9 Å². The largest absolute Gasteiger partial charge is 0.490 e. The van der Waals surface area contributed by atoms with Crippen LogP contribution in [0.25, 0.3) is 0 Å². The number of ether oxygens (including phenoxy) is 1. The van der Waals surface area contributed by atoms with E-state index in [4.69, 9.17) is 24.5 Å². The van der Waals surface area contributed by atoms with Gasteiger partial charge in [-0.2, -0.15) is 26.3 Å². The minimum atomic E-state index is -5.08. The number of carboxylic acids is 2. The summed E-state index contributed by atoms with van der Waals surface area (Å²) in [6, 6.07) is 9.64. The average molecular weight is 602 g/mol. The minimum Gasteiger partial charge on any atom is -0.475 e. The highest BCUT2D eigenvalue weighted by atomic mass is 32.2. The number of aromatic nitrogens is 2. The van der Waals surface area contributed by atoms with Gasteiger partial charge in [-0.05, 0) is 30.2 Å². The number of hydrogen-bond acceptors (Lipinski definition) is 8. The summed E-state index contributed by atoms with van der Waals surface area (Å²) in [5, 5.41) is 14.2. The Kier molecular flexibility index (Phi) is 11.0. The first-order valence-electron chi connectivity index (χ1n) is 11.4. The summed E-state index contributed by atoms with van der Waals surface area (Å²) in [6.07, 6.45) is -4.16. The van der Waals surface area contributed by atoms with E-state index in [0.717, 1.165) is 17.8 Å². The molecule has 0 amide bonds. The highest BCUT2D eigenvalue weighted by molar-refractivity contribution is 7.93. The van der Waals surface area contributed by atoms with Gasteiger partial charge in [0.05, 0.1) is 24.7 Å². The molecule has 2 saturated heterocycles. The Morgan fingerprint density at radius 2 is 1.60 bits per heavy atom. The molecule has 17 heteroatoms.